The van der Waals surface area contributed by atoms with Crippen LogP contribution in [0.1, 0.15) is 25.3 Å². The highest BCUT2D eigenvalue weighted by atomic mass is 19.2. The fraction of sp³-hybridized carbons (Fsp3) is 0.529. The third-order valence-corrected chi connectivity index (χ3v) is 4.63. The Labute approximate surface area is 139 Å². The first kappa shape index (κ1) is 18.3. The second-order valence-corrected chi connectivity index (χ2v) is 6.23. The van der Waals surface area contributed by atoms with Crippen molar-refractivity contribution in [2.45, 2.75) is 31.8 Å². The molecule has 0 aromatic heterocycles. The summed E-state index contributed by atoms with van der Waals surface area (Å²) >= 11 is 0. The summed E-state index contributed by atoms with van der Waals surface area (Å²) in [4.78, 5) is 25.1. The van der Waals surface area contributed by atoms with E-state index >= 15 is 0 Å². The van der Waals surface area contributed by atoms with Gasteiger partial charge in [-0.15, -0.1) is 0 Å². The van der Waals surface area contributed by atoms with E-state index in [2.05, 4.69) is 0 Å². The molecule has 2 rings (SSSR count). The zero-order valence-corrected chi connectivity index (χ0v) is 13.7. The van der Waals surface area contributed by atoms with Gasteiger partial charge in [-0.3, -0.25) is 4.79 Å². The highest BCUT2D eigenvalue weighted by Gasteiger charge is 2.45. The lowest BCUT2D eigenvalue weighted by molar-refractivity contribution is -0.174. The van der Waals surface area contributed by atoms with E-state index in [0.717, 1.165) is 6.07 Å². The number of methoxy groups -OCH3 is 1. The summed E-state index contributed by atoms with van der Waals surface area (Å²) in [6.45, 7) is 2.07. The smallest absolute Gasteiger partial charge is 0.345 e. The van der Waals surface area contributed by atoms with Crippen LogP contribution in [0.3, 0.4) is 0 Å². The van der Waals surface area contributed by atoms with Gasteiger partial charge in [0.2, 0.25) is 5.60 Å². The van der Waals surface area contributed by atoms with Gasteiger partial charge >= 0.3 is 5.97 Å². The van der Waals surface area contributed by atoms with E-state index in [-0.39, 0.29) is 5.92 Å². The van der Waals surface area contributed by atoms with Gasteiger partial charge in [0.15, 0.2) is 11.6 Å². The van der Waals surface area contributed by atoms with E-state index in [1.54, 1.807) is 6.07 Å². The van der Waals surface area contributed by atoms with Crippen molar-refractivity contribution < 1.29 is 28.2 Å². The minimum Gasteiger partial charge on any atom is -0.479 e. The Hall–Kier alpha value is -2.02. The Morgan fingerprint density at radius 1 is 1.29 bits per heavy atom. The quantitative estimate of drug-likeness (QED) is 0.834. The molecule has 0 saturated carbocycles. The van der Waals surface area contributed by atoms with Gasteiger partial charge in [-0.2, -0.15) is 0 Å². The van der Waals surface area contributed by atoms with Crippen molar-refractivity contribution in [3.05, 3.63) is 35.4 Å². The van der Waals surface area contributed by atoms with Crippen LogP contribution in [0.2, 0.25) is 0 Å². The molecule has 1 amide bonds. The van der Waals surface area contributed by atoms with Crippen molar-refractivity contribution >= 4 is 11.9 Å². The van der Waals surface area contributed by atoms with Crippen molar-refractivity contribution in [2.75, 3.05) is 20.2 Å². The maximum absolute atomic E-state index is 13.2. The third kappa shape index (κ3) is 3.72. The second-order valence-electron chi connectivity index (χ2n) is 6.23. The first-order valence-electron chi connectivity index (χ1n) is 7.79. The number of piperidine rings is 1. The molecule has 5 nitrogen and oxygen atoms in total. The average molecular weight is 341 g/mol. The summed E-state index contributed by atoms with van der Waals surface area (Å²) in [5.41, 5.74) is -1.17. The van der Waals surface area contributed by atoms with Gasteiger partial charge in [-0.25, -0.2) is 13.6 Å². The molecule has 1 heterocycles. The van der Waals surface area contributed by atoms with Crippen LogP contribution < -0.4 is 0 Å². The van der Waals surface area contributed by atoms with E-state index < -0.39 is 29.1 Å². The number of halogens is 2. The highest BCUT2D eigenvalue weighted by molar-refractivity contribution is 6.04. The highest BCUT2D eigenvalue weighted by Crippen LogP contribution is 2.25. The van der Waals surface area contributed by atoms with E-state index in [0.29, 0.717) is 37.9 Å². The average Bonchev–Trinajstić information content (AvgIpc) is 2.57. The number of carbonyl (C=O) groups excluding carboxylic acids is 1. The Morgan fingerprint density at radius 2 is 1.92 bits per heavy atom. The summed E-state index contributed by atoms with van der Waals surface area (Å²) in [6, 6.07) is 3.86. The van der Waals surface area contributed by atoms with Crippen LogP contribution in [0.5, 0.6) is 0 Å². The molecule has 1 saturated heterocycles. The summed E-state index contributed by atoms with van der Waals surface area (Å²) < 4.78 is 31.1. The van der Waals surface area contributed by atoms with Crippen LogP contribution in [-0.2, 0) is 20.7 Å². The number of ether oxygens (including phenoxy) is 1. The lowest BCUT2D eigenvalue weighted by atomic mass is 9.89. The Bertz CT molecular complexity index is 629. The number of carbonyl (C=O) groups is 2. The van der Waals surface area contributed by atoms with Crippen molar-refractivity contribution in [3.8, 4) is 0 Å². The molecular formula is C17H21F2NO4. The SMILES string of the molecule is COC(C)(C(=O)O)C(=O)N1CCC(Cc2ccc(F)c(F)c2)CC1. The summed E-state index contributed by atoms with van der Waals surface area (Å²) in [5, 5.41) is 9.19. The monoisotopic (exact) mass is 341 g/mol. The van der Waals surface area contributed by atoms with Gasteiger partial charge in [0.25, 0.3) is 5.91 Å². The molecule has 7 heteroatoms. The van der Waals surface area contributed by atoms with Crippen LogP contribution in [0.4, 0.5) is 8.78 Å². The zero-order chi connectivity index (χ0) is 17.9. The fourth-order valence-corrected chi connectivity index (χ4v) is 2.91. The summed E-state index contributed by atoms with van der Waals surface area (Å²) in [6.07, 6.45) is 1.94. The van der Waals surface area contributed by atoms with Crippen LogP contribution in [0, 0.1) is 17.6 Å². The summed E-state index contributed by atoms with van der Waals surface area (Å²) in [7, 11) is 1.20. The molecule has 1 aromatic rings. The minimum atomic E-state index is -1.88. The third-order valence-electron chi connectivity index (χ3n) is 4.63. The Morgan fingerprint density at radius 3 is 2.42 bits per heavy atom. The van der Waals surface area contributed by atoms with Crippen LogP contribution in [-0.4, -0.2) is 47.7 Å². The van der Waals surface area contributed by atoms with Crippen LogP contribution >= 0.6 is 0 Å². The van der Waals surface area contributed by atoms with Gasteiger partial charge in [0.1, 0.15) is 0 Å². The fourth-order valence-electron chi connectivity index (χ4n) is 2.91. The van der Waals surface area contributed by atoms with E-state index in [9.17, 15) is 23.5 Å². The zero-order valence-electron chi connectivity index (χ0n) is 13.7. The molecule has 1 atom stereocenters. The number of nitrogens with zero attached hydrogens (tertiary/aromatic N) is 1. The Balaban J connectivity index is 1.94. The molecule has 24 heavy (non-hydrogen) atoms. The van der Waals surface area contributed by atoms with Crippen molar-refractivity contribution in [1.82, 2.24) is 4.90 Å². The molecule has 1 aliphatic rings. The molecule has 1 unspecified atom stereocenters. The largest absolute Gasteiger partial charge is 0.479 e. The molecule has 1 aromatic carbocycles. The predicted octanol–water partition coefficient (Wildman–Crippen LogP) is 2.24. The lowest BCUT2D eigenvalue weighted by Gasteiger charge is -2.36. The molecule has 0 radical (unpaired) electrons. The number of benzene rings is 1. The van der Waals surface area contributed by atoms with Crippen molar-refractivity contribution in [3.63, 3.8) is 0 Å². The van der Waals surface area contributed by atoms with Gasteiger partial charge < -0.3 is 14.7 Å². The number of aliphatic carboxylic acids is 1. The van der Waals surface area contributed by atoms with Gasteiger partial charge in [0, 0.05) is 20.2 Å². The predicted molar refractivity (Wildman–Crippen MR) is 82.4 cm³/mol. The molecule has 0 bridgehead atoms. The number of likely N-dealkylation sites (tertiary alicyclic amines) is 1. The van der Waals surface area contributed by atoms with Crippen LogP contribution in [0.25, 0.3) is 0 Å². The maximum Gasteiger partial charge on any atom is 0.345 e. The number of rotatable bonds is 5. The molecule has 1 aliphatic heterocycles. The number of carboxylic acids is 1. The Kier molecular flexibility index (Phi) is 5.54. The summed E-state index contributed by atoms with van der Waals surface area (Å²) in [5.74, 6) is -3.38. The van der Waals surface area contributed by atoms with E-state index in [4.69, 9.17) is 4.74 Å². The molecule has 1 fully saturated rings. The first-order chi connectivity index (χ1) is 11.3. The van der Waals surface area contributed by atoms with E-state index in [1.165, 1.54) is 25.0 Å². The number of amides is 1. The van der Waals surface area contributed by atoms with Gasteiger partial charge in [-0.1, -0.05) is 6.07 Å². The van der Waals surface area contributed by atoms with Crippen LogP contribution in [0.15, 0.2) is 18.2 Å². The molecule has 0 aliphatic carbocycles. The molecular weight excluding hydrogens is 320 g/mol. The lowest BCUT2D eigenvalue weighted by Crippen LogP contribution is -2.55. The normalized spacial score (nSPS) is 18.2. The number of hydrogen-bond acceptors (Lipinski definition) is 3. The first-order valence-corrected chi connectivity index (χ1v) is 7.79. The van der Waals surface area contributed by atoms with Gasteiger partial charge in [-0.05, 0) is 49.8 Å². The molecule has 1 N–H and O–H groups in total. The van der Waals surface area contributed by atoms with Crippen molar-refractivity contribution in [2.24, 2.45) is 5.92 Å². The second kappa shape index (κ2) is 7.25. The molecule has 132 valence electrons. The topological polar surface area (TPSA) is 66.8 Å². The maximum atomic E-state index is 13.2. The van der Waals surface area contributed by atoms with E-state index in [1.807, 2.05) is 0 Å². The minimum absolute atomic E-state index is 0.234. The van der Waals surface area contributed by atoms with Gasteiger partial charge in [0.05, 0.1) is 0 Å². The molecule has 0 spiro atoms. The number of hydrogen-bond donors (Lipinski definition) is 1. The van der Waals surface area contributed by atoms with Crippen molar-refractivity contribution in [1.29, 1.82) is 0 Å². The standard InChI is InChI=1S/C17H21F2NO4/c1-17(24-2,16(22)23)15(21)20-7-5-11(6-8-20)9-12-3-4-13(18)14(19)10-12/h3-4,10-11H,5-9H2,1-2H3,(H,22,23). The number of carboxylic acid groups (broad SMARTS) is 1.